The van der Waals surface area contributed by atoms with Crippen LogP contribution in [-0.2, 0) is 4.79 Å². The summed E-state index contributed by atoms with van der Waals surface area (Å²) < 4.78 is 0.650. The Hall–Kier alpha value is -1.14. The number of carbonyl (C=O) groups is 2. The van der Waals surface area contributed by atoms with Crippen LogP contribution in [0.1, 0.15) is 16.8 Å². The third-order valence-electron chi connectivity index (χ3n) is 1.71. The molecule has 0 radical (unpaired) electrons. The second-order valence-electron chi connectivity index (χ2n) is 2.96. The lowest BCUT2D eigenvalue weighted by Gasteiger charge is -2.05. The number of pyridine rings is 1. The van der Waals surface area contributed by atoms with Gasteiger partial charge in [0, 0.05) is 23.6 Å². The topological polar surface area (TPSA) is 85.1 Å². The maximum atomic E-state index is 11.6. The van der Waals surface area contributed by atoms with E-state index in [-0.39, 0.29) is 29.6 Å². The van der Waals surface area contributed by atoms with Crippen LogP contribution in [0.15, 0.2) is 16.7 Å². The molecule has 3 N–H and O–H groups in total. The Balaban J connectivity index is 2.65. The van der Waals surface area contributed by atoms with Gasteiger partial charge in [-0.1, -0.05) is 11.6 Å². The van der Waals surface area contributed by atoms with Gasteiger partial charge in [0.05, 0.1) is 5.56 Å². The van der Waals surface area contributed by atoms with E-state index in [9.17, 15) is 9.59 Å². The van der Waals surface area contributed by atoms with E-state index in [1.165, 1.54) is 6.20 Å². The van der Waals surface area contributed by atoms with E-state index < -0.39 is 5.91 Å². The number of hydrogen-bond donors (Lipinski definition) is 2. The van der Waals surface area contributed by atoms with Gasteiger partial charge in [-0.15, -0.1) is 0 Å². The first-order valence-corrected chi connectivity index (χ1v) is 5.55. The Morgan fingerprint density at radius 2 is 2.25 bits per heavy atom. The molecule has 5 nitrogen and oxygen atoms in total. The van der Waals surface area contributed by atoms with E-state index >= 15 is 0 Å². The summed E-state index contributed by atoms with van der Waals surface area (Å²) in [5.41, 5.74) is 5.19. The van der Waals surface area contributed by atoms with Gasteiger partial charge in [0.2, 0.25) is 5.91 Å². The molecule has 0 aliphatic rings. The standard InChI is InChI=1S/C9H9BrClN3O2/c10-5-3-6(8(11)14-4-5)9(16)13-2-1-7(12)15/h3-4H,1-2H2,(H2,12,15)(H,13,16). The second kappa shape index (κ2) is 5.81. The van der Waals surface area contributed by atoms with Gasteiger partial charge in [-0.25, -0.2) is 4.98 Å². The molecule has 86 valence electrons. The third kappa shape index (κ3) is 3.79. The van der Waals surface area contributed by atoms with Gasteiger partial charge in [0.25, 0.3) is 5.91 Å². The van der Waals surface area contributed by atoms with Gasteiger partial charge in [-0.3, -0.25) is 9.59 Å². The quantitative estimate of drug-likeness (QED) is 0.817. The van der Waals surface area contributed by atoms with Gasteiger partial charge in [-0.05, 0) is 22.0 Å². The zero-order chi connectivity index (χ0) is 12.1. The fourth-order valence-corrected chi connectivity index (χ4v) is 1.50. The summed E-state index contributed by atoms with van der Waals surface area (Å²) in [7, 11) is 0. The highest BCUT2D eigenvalue weighted by atomic mass is 79.9. The van der Waals surface area contributed by atoms with Crippen molar-refractivity contribution >= 4 is 39.3 Å². The molecule has 0 aromatic carbocycles. The van der Waals surface area contributed by atoms with Crippen LogP contribution in [0.2, 0.25) is 5.15 Å². The summed E-state index contributed by atoms with van der Waals surface area (Å²) in [5.74, 6) is -0.862. The largest absolute Gasteiger partial charge is 0.370 e. The molecule has 0 aliphatic carbocycles. The van der Waals surface area contributed by atoms with E-state index in [2.05, 4.69) is 26.2 Å². The fourth-order valence-electron chi connectivity index (χ4n) is 0.976. The Labute approximate surface area is 105 Å². The molecule has 0 aliphatic heterocycles. The van der Waals surface area contributed by atoms with Crippen molar-refractivity contribution in [1.29, 1.82) is 0 Å². The lowest BCUT2D eigenvalue weighted by Crippen LogP contribution is -2.28. The van der Waals surface area contributed by atoms with Crippen LogP contribution in [0.4, 0.5) is 0 Å². The normalized spacial score (nSPS) is 9.88. The van der Waals surface area contributed by atoms with Gasteiger partial charge < -0.3 is 11.1 Å². The first-order valence-electron chi connectivity index (χ1n) is 4.38. The molecule has 1 aromatic rings. The van der Waals surface area contributed by atoms with E-state index in [1.807, 2.05) is 0 Å². The zero-order valence-electron chi connectivity index (χ0n) is 8.17. The molecule has 1 rings (SSSR count). The predicted octanol–water partition coefficient (Wildman–Crippen LogP) is 1.10. The highest BCUT2D eigenvalue weighted by molar-refractivity contribution is 9.10. The summed E-state index contributed by atoms with van der Waals surface area (Å²) in [5, 5.41) is 2.62. The Morgan fingerprint density at radius 1 is 1.56 bits per heavy atom. The van der Waals surface area contributed by atoms with Crippen LogP contribution in [-0.4, -0.2) is 23.3 Å². The Kier molecular flexibility index (Phi) is 4.70. The number of nitrogens with two attached hydrogens (primary N) is 1. The number of primary amides is 1. The first kappa shape index (κ1) is 12.9. The summed E-state index contributed by atoms with van der Waals surface area (Å²) in [4.78, 5) is 25.9. The van der Waals surface area contributed by atoms with Crippen molar-refractivity contribution < 1.29 is 9.59 Å². The molecule has 2 amide bonds. The van der Waals surface area contributed by atoms with Crippen molar-refractivity contribution in [2.75, 3.05) is 6.54 Å². The van der Waals surface area contributed by atoms with Crippen LogP contribution in [0.3, 0.4) is 0 Å². The van der Waals surface area contributed by atoms with Crippen LogP contribution in [0, 0.1) is 0 Å². The minimum atomic E-state index is -0.473. The molecular formula is C9H9BrClN3O2. The average Bonchev–Trinajstić information content (AvgIpc) is 2.21. The van der Waals surface area contributed by atoms with Crippen molar-refractivity contribution in [2.45, 2.75) is 6.42 Å². The number of amides is 2. The van der Waals surface area contributed by atoms with E-state index in [0.29, 0.717) is 4.47 Å². The SMILES string of the molecule is NC(=O)CCNC(=O)c1cc(Br)cnc1Cl. The molecule has 16 heavy (non-hydrogen) atoms. The van der Waals surface area contributed by atoms with Crippen LogP contribution in [0.25, 0.3) is 0 Å². The summed E-state index contributed by atoms with van der Waals surface area (Å²) in [6.07, 6.45) is 1.58. The average molecular weight is 307 g/mol. The molecule has 0 fully saturated rings. The number of carbonyl (C=O) groups excluding carboxylic acids is 2. The van der Waals surface area contributed by atoms with Gasteiger partial charge >= 0.3 is 0 Å². The summed E-state index contributed by atoms with van der Waals surface area (Å²) in [6.45, 7) is 0.178. The molecular weight excluding hydrogens is 297 g/mol. The molecule has 1 heterocycles. The summed E-state index contributed by atoms with van der Waals surface area (Å²) >= 11 is 8.93. The summed E-state index contributed by atoms with van der Waals surface area (Å²) in [6, 6.07) is 1.55. The monoisotopic (exact) mass is 305 g/mol. The van der Waals surface area contributed by atoms with Crippen LogP contribution in [0.5, 0.6) is 0 Å². The van der Waals surface area contributed by atoms with Gasteiger partial charge in [-0.2, -0.15) is 0 Å². The number of halogens is 2. The van der Waals surface area contributed by atoms with E-state index in [1.54, 1.807) is 6.07 Å². The molecule has 1 aromatic heterocycles. The maximum Gasteiger partial charge on any atom is 0.254 e. The second-order valence-corrected chi connectivity index (χ2v) is 4.24. The molecule has 0 unspecified atom stereocenters. The molecule has 0 spiro atoms. The van der Waals surface area contributed by atoms with Crippen LogP contribution >= 0.6 is 27.5 Å². The number of nitrogens with zero attached hydrogens (tertiary/aromatic N) is 1. The Morgan fingerprint density at radius 3 is 2.88 bits per heavy atom. The minimum absolute atomic E-state index is 0.0881. The lowest BCUT2D eigenvalue weighted by molar-refractivity contribution is -0.117. The number of rotatable bonds is 4. The Bertz CT molecular complexity index is 425. The van der Waals surface area contributed by atoms with E-state index in [4.69, 9.17) is 17.3 Å². The molecule has 0 saturated heterocycles. The minimum Gasteiger partial charge on any atom is -0.370 e. The predicted molar refractivity (Wildman–Crippen MR) is 63.1 cm³/mol. The number of aromatic nitrogens is 1. The van der Waals surface area contributed by atoms with Crippen molar-refractivity contribution in [3.8, 4) is 0 Å². The van der Waals surface area contributed by atoms with Crippen LogP contribution < -0.4 is 11.1 Å². The van der Waals surface area contributed by atoms with E-state index in [0.717, 1.165) is 0 Å². The van der Waals surface area contributed by atoms with Crippen molar-refractivity contribution in [1.82, 2.24) is 10.3 Å². The van der Waals surface area contributed by atoms with Crippen molar-refractivity contribution in [2.24, 2.45) is 5.73 Å². The highest BCUT2D eigenvalue weighted by Gasteiger charge is 2.11. The van der Waals surface area contributed by atoms with Crippen molar-refractivity contribution in [3.05, 3.63) is 27.5 Å². The first-order chi connectivity index (χ1) is 7.50. The fraction of sp³-hybridized carbons (Fsp3) is 0.222. The zero-order valence-corrected chi connectivity index (χ0v) is 10.5. The molecule has 7 heteroatoms. The maximum absolute atomic E-state index is 11.6. The molecule has 0 saturated carbocycles. The number of nitrogens with one attached hydrogen (secondary N) is 1. The third-order valence-corrected chi connectivity index (χ3v) is 2.44. The lowest BCUT2D eigenvalue weighted by atomic mass is 10.2. The highest BCUT2D eigenvalue weighted by Crippen LogP contribution is 2.17. The smallest absolute Gasteiger partial charge is 0.254 e. The van der Waals surface area contributed by atoms with Gasteiger partial charge in [0.1, 0.15) is 5.15 Å². The number of hydrogen-bond acceptors (Lipinski definition) is 3. The molecule has 0 bridgehead atoms. The van der Waals surface area contributed by atoms with Gasteiger partial charge in [0.15, 0.2) is 0 Å². The van der Waals surface area contributed by atoms with Crippen molar-refractivity contribution in [3.63, 3.8) is 0 Å². The molecule has 0 atom stereocenters.